The molecule has 0 aliphatic rings. The van der Waals surface area contributed by atoms with Gasteiger partial charge in [-0.2, -0.15) is 0 Å². The summed E-state index contributed by atoms with van der Waals surface area (Å²) in [5.74, 6) is 0.350. The van der Waals surface area contributed by atoms with Crippen LogP contribution in [0.3, 0.4) is 0 Å². The predicted molar refractivity (Wildman–Crippen MR) is 77.5 cm³/mol. The van der Waals surface area contributed by atoms with Gasteiger partial charge in [0, 0.05) is 12.5 Å². The van der Waals surface area contributed by atoms with E-state index in [2.05, 4.69) is 13.2 Å². The van der Waals surface area contributed by atoms with Gasteiger partial charge in [-0.05, 0) is 17.7 Å². The van der Waals surface area contributed by atoms with Crippen LogP contribution < -0.4 is 4.74 Å². The second kappa shape index (κ2) is 8.93. The van der Waals surface area contributed by atoms with Crippen molar-refractivity contribution in [2.45, 2.75) is 19.1 Å². The Morgan fingerprint density at radius 2 is 2.00 bits per heavy atom. The van der Waals surface area contributed by atoms with Crippen LogP contribution >= 0.6 is 0 Å². The number of carbonyl (C=O) groups is 1. The summed E-state index contributed by atoms with van der Waals surface area (Å²) >= 11 is 0. The molecule has 1 aromatic carbocycles. The van der Waals surface area contributed by atoms with Crippen molar-refractivity contribution in [2.24, 2.45) is 0 Å². The van der Waals surface area contributed by atoms with Crippen LogP contribution in [0.5, 0.6) is 5.75 Å². The molecule has 0 bridgehead atoms. The molecule has 108 valence electrons. The summed E-state index contributed by atoms with van der Waals surface area (Å²) < 4.78 is 15.8. The number of benzene rings is 1. The number of hydrogen-bond acceptors (Lipinski definition) is 4. The van der Waals surface area contributed by atoms with Gasteiger partial charge >= 0.3 is 5.97 Å². The molecular formula is C16H20O4. The lowest BCUT2D eigenvalue weighted by Gasteiger charge is -2.15. The minimum absolute atomic E-state index is 0.317. The van der Waals surface area contributed by atoms with Gasteiger partial charge in [0.25, 0.3) is 0 Å². The summed E-state index contributed by atoms with van der Waals surface area (Å²) in [6.07, 6.45) is 3.04. The van der Waals surface area contributed by atoms with E-state index in [0.29, 0.717) is 19.6 Å². The summed E-state index contributed by atoms with van der Waals surface area (Å²) in [5.41, 5.74) is 1.03. The molecule has 1 aromatic rings. The Morgan fingerprint density at radius 3 is 2.55 bits per heavy atom. The molecule has 0 unspecified atom stereocenters. The maximum Gasteiger partial charge on any atom is 0.330 e. The fourth-order valence-electron chi connectivity index (χ4n) is 1.58. The third-order valence-corrected chi connectivity index (χ3v) is 2.61. The highest BCUT2D eigenvalue weighted by Gasteiger charge is 2.11. The van der Waals surface area contributed by atoms with E-state index < -0.39 is 5.97 Å². The zero-order chi connectivity index (χ0) is 14.8. The quantitative estimate of drug-likeness (QED) is 0.395. The van der Waals surface area contributed by atoms with Crippen molar-refractivity contribution >= 4 is 5.97 Å². The van der Waals surface area contributed by atoms with Crippen molar-refractivity contribution in [3.05, 3.63) is 55.1 Å². The lowest BCUT2D eigenvalue weighted by atomic mass is 10.2. The zero-order valence-electron chi connectivity index (χ0n) is 11.7. The van der Waals surface area contributed by atoms with E-state index in [-0.39, 0.29) is 6.10 Å². The Bertz CT molecular complexity index is 436. The molecule has 0 aromatic heterocycles. The van der Waals surface area contributed by atoms with Crippen LogP contribution in [0.2, 0.25) is 0 Å². The fraction of sp³-hybridized carbons (Fsp3) is 0.312. The first-order valence-corrected chi connectivity index (χ1v) is 6.34. The Hall–Kier alpha value is -2.07. The maximum absolute atomic E-state index is 11.2. The Balaban J connectivity index is 2.40. The second-order valence-electron chi connectivity index (χ2n) is 4.15. The van der Waals surface area contributed by atoms with E-state index in [1.165, 1.54) is 0 Å². The number of hydrogen-bond donors (Lipinski definition) is 0. The van der Waals surface area contributed by atoms with E-state index in [1.54, 1.807) is 13.2 Å². The summed E-state index contributed by atoms with van der Waals surface area (Å²) in [4.78, 5) is 11.2. The highest BCUT2D eigenvalue weighted by molar-refractivity contribution is 5.81. The molecule has 1 atom stereocenters. The molecule has 0 saturated heterocycles. The molecular weight excluding hydrogens is 256 g/mol. The molecule has 1 rings (SSSR count). The van der Waals surface area contributed by atoms with Crippen molar-refractivity contribution < 1.29 is 19.0 Å². The molecule has 0 aliphatic heterocycles. The largest absolute Gasteiger partial charge is 0.497 e. The first-order chi connectivity index (χ1) is 9.69. The average Bonchev–Trinajstić information content (AvgIpc) is 2.48. The third kappa shape index (κ3) is 5.71. The summed E-state index contributed by atoms with van der Waals surface area (Å²) in [6.45, 7) is 7.76. The molecule has 0 saturated carbocycles. The van der Waals surface area contributed by atoms with Crippen molar-refractivity contribution in [1.82, 2.24) is 0 Å². The highest BCUT2D eigenvalue weighted by Crippen LogP contribution is 2.12. The molecule has 0 aliphatic carbocycles. The zero-order valence-corrected chi connectivity index (χ0v) is 11.7. The third-order valence-electron chi connectivity index (χ3n) is 2.61. The fourth-order valence-corrected chi connectivity index (χ4v) is 1.58. The van der Waals surface area contributed by atoms with Gasteiger partial charge in [0.05, 0.1) is 20.3 Å². The van der Waals surface area contributed by atoms with Crippen molar-refractivity contribution in [1.29, 1.82) is 0 Å². The average molecular weight is 276 g/mol. The lowest BCUT2D eigenvalue weighted by molar-refractivity contribution is -0.146. The van der Waals surface area contributed by atoms with Gasteiger partial charge in [0.2, 0.25) is 0 Å². The molecule has 0 N–H and O–H groups in total. The highest BCUT2D eigenvalue weighted by atomic mass is 16.6. The van der Waals surface area contributed by atoms with Crippen LogP contribution in [0, 0.1) is 0 Å². The molecule has 0 fully saturated rings. The number of ether oxygens (including phenoxy) is 3. The minimum atomic E-state index is -0.454. The number of esters is 1. The van der Waals surface area contributed by atoms with Gasteiger partial charge in [-0.25, -0.2) is 4.79 Å². The van der Waals surface area contributed by atoms with E-state index >= 15 is 0 Å². The minimum Gasteiger partial charge on any atom is -0.497 e. The van der Waals surface area contributed by atoms with Gasteiger partial charge in [-0.1, -0.05) is 24.8 Å². The maximum atomic E-state index is 11.2. The first kappa shape index (κ1) is 16.0. The summed E-state index contributed by atoms with van der Waals surface area (Å²) in [5, 5.41) is 0. The van der Waals surface area contributed by atoms with E-state index in [0.717, 1.165) is 17.4 Å². The predicted octanol–water partition coefficient (Wildman–Crippen LogP) is 2.89. The monoisotopic (exact) mass is 276 g/mol. The van der Waals surface area contributed by atoms with Crippen LogP contribution in [-0.4, -0.2) is 25.8 Å². The Labute approximate surface area is 119 Å². The molecule has 20 heavy (non-hydrogen) atoms. The molecule has 0 heterocycles. The van der Waals surface area contributed by atoms with Gasteiger partial charge in [0.1, 0.15) is 11.9 Å². The van der Waals surface area contributed by atoms with Gasteiger partial charge in [-0.3, -0.25) is 0 Å². The number of carbonyl (C=O) groups excluding carboxylic acids is 1. The standard InChI is InChI=1S/C16H20O4/c1-4-6-15(20-16(17)5-2)12-19-11-13-7-9-14(18-3)10-8-13/h4-5,7-10,15H,1-2,6,11-12H2,3H3/t15-/m1/s1. The van der Waals surface area contributed by atoms with E-state index in [9.17, 15) is 4.79 Å². The second-order valence-corrected chi connectivity index (χ2v) is 4.15. The SMILES string of the molecule is C=CC[C@H](COCc1ccc(OC)cc1)OC(=O)C=C. The van der Waals surface area contributed by atoms with E-state index in [1.807, 2.05) is 24.3 Å². The smallest absolute Gasteiger partial charge is 0.330 e. The lowest BCUT2D eigenvalue weighted by Crippen LogP contribution is -2.22. The molecule has 0 amide bonds. The van der Waals surface area contributed by atoms with Crippen LogP contribution in [-0.2, 0) is 20.9 Å². The molecule has 4 nitrogen and oxygen atoms in total. The molecule has 4 heteroatoms. The van der Waals surface area contributed by atoms with Gasteiger partial charge in [0.15, 0.2) is 0 Å². The summed E-state index contributed by atoms with van der Waals surface area (Å²) in [7, 11) is 1.62. The number of rotatable bonds is 9. The van der Waals surface area contributed by atoms with Gasteiger partial charge < -0.3 is 14.2 Å². The molecule has 0 radical (unpaired) electrons. The van der Waals surface area contributed by atoms with Crippen LogP contribution in [0.25, 0.3) is 0 Å². The topological polar surface area (TPSA) is 44.8 Å². The van der Waals surface area contributed by atoms with Gasteiger partial charge in [-0.15, -0.1) is 6.58 Å². The Morgan fingerprint density at radius 1 is 1.30 bits per heavy atom. The van der Waals surface area contributed by atoms with Crippen molar-refractivity contribution in [3.8, 4) is 5.75 Å². The van der Waals surface area contributed by atoms with Crippen LogP contribution in [0.4, 0.5) is 0 Å². The van der Waals surface area contributed by atoms with Crippen LogP contribution in [0.15, 0.2) is 49.6 Å². The van der Waals surface area contributed by atoms with E-state index in [4.69, 9.17) is 14.2 Å². The van der Waals surface area contributed by atoms with Crippen molar-refractivity contribution in [2.75, 3.05) is 13.7 Å². The first-order valence-electron chi connectivity index (χ1n) is 6.34. The Kier molecular flexibility index (Phi) is 7.14. The normalized spacial score (nSPS) is 11.4. The van der Waals surface area contributed by atoms with Crippen molar-refractivity contribution in [3.63, 3.8) is 0 Å². The summed E-state index contributed by atoms with van der Waals surface area (Å²) in [6, 6.07) is 7.60. The van der Waals surface area contributed by atoms with Crippen LogP contribution in [0.1, 0.15) is 12.0 Å². The molecule has 0 spiro atoms. The number of methoxy groups -OCH3 is 1.